The van der Waals surface area contributed by atoms with E-state index in [1.807, 2.05) is 0 Å². The van der Waals surface area contributed by atoms with Gasteiger partial charge in [-0.1, -0.05) is 0 Å². The maximum atomic E-state index is 13.3. The molecule has 1 rings (SSSR count). The standard InChI is InChI=1S/C9H15FN6O2/c1-18-3-2-12-7(17)5-13-8-6(10)4-14-9(15-8)16-11/h4H,2-3,5,11H2,1H3,(H,12,17)(H2,13,14,15,16). The maximum Gasteiger partial charge on any atom is 0.239 e. The number of methoxy groups -OCH3 is 1. The Balaban J connectivity index is 2.45. The second kappa shape index (κ2) is 7.35. The van der Waals surface area contributed by atoms with E-state index in [1.54, 1.807) is 0 Å². The topological polar surface area (TPSA) is 114 Å². The van der Waals surface area contributed by atoms with Crippen LogP contribution in [0.5, 0.6) is 0 Å². The number of rotatable bonds is 7. The minimum absolute atomic E-state index is 0.0543. The number of anilines is 2. The highest BCUT2D eigenvalue weighted by atomic mass is 19.1. The summed E-state index contributed by atoms with van der Waals surface area (Å²) in [5.41, 5.74) is 2.18. The van der Waals surface area contributed by atoms with Crippen LogP contribution in [0, 0.1) is 5.82 Å². The number of carbonyl (C=O) groups excluding carboxylic acids is 1. The number of nitrogens with zero attached hydrogens (tertiary/aromatic N) is 2. The molecule has 9 heteroatoms. The Hall–Kier alpha value is -2.00. The molecular formula is C9H15FN6O2. The van der Waals surface area contributed by atoms with Crippen molar-refractivity contribution < 1.29 is 13.9 Å². The summed E-state index contributed by atoms with van der Waals surface area (Å²) in [5, 5.41) is 5.11. The third-order valence-corrected chi connectivity index (χ3v) is 1.92. The number of ether oxygens (including phenoxy) is 1. The smallest absolute Gasteiger partial charge is 0.239 e. The summed E-state index contributed by atoms with van der Waals surface area (Å²) < 4.78 is 18.0. The van der Waals surface area contributed by atoms with Crippen LogP contribution in [0.2, 0.25) is 0 Å². The molecule has 0 radical (unpaired) electrons. The van der Waals surface area contributed by atoms with Crippen LogP contribution >= 0.6 is 0 Å². The highest BCUT2D eigenvalue weighted by Gasteiger charge is 2.07. The first-order valence-corrected chi connectivity index (χ1v) is 5.16. The summed E-state index contributed by atoms with van der Waals surface area (Å²) >= 11 is 0. The van der Waals surface area contributed by atoms with Gasteiger partial charge < -0.3 is 15.4 Å². The number of amides is 1. The molecule has 1 amide bonds. The van der Waals surface area contributed by atoms with E-state index < -0.39 is 5.82 Å². The lowest BCUT2D eigenvalue weighted by molar-refractivity contribution is -0.119. The normalized spacial score (nSPS) is 9.94. The lowest BCUT2D eigenvalue weighted by atomic mass is 10.5. The summed E-state index contributed by atoms with van der Waals surface area (Å²) in [7, 11) is 1.53. The highest BCUT2D eigenvalue weighted by Crippen LogP contribution is 2.10. The largest absolute Gasteiger partial charge is 0.383 e. The summed E-state index contributed by atoms with van der Waals surface area (Å²) in [4.78, 5) is 18.6. The summed E-state index contributed by atoms with van der Waals surface area (Å²) in [6.45, 7) is 0.690. The molecule has 8 nitrogen and oxygen atoms in total. The molecular weight excluding hydrogens is 243 g/mol. The zero-order chi connectivity index (χ0) is 13.4. The fraction of sp³-hybridized carbons (Fsp3) is 0.444. The molecule has 0 spiro atoms. The molecule has 0 aliphatic carbocycles. The van der Waals surface area contributed by atoms with Crippen molar-refractivity contribution in [2.75, 3.05) is 37.5 Å². The summed E-state index contributed by atoms with van der Waals surface area (Å²) in [6, 6.07) is 0. The van der Waals surface area contributed by atoms with Crippen LogP contribution in [0.4, 0.5) is 16.2 Å². The molecule has 1 heterocycles. The predicted octanol–water partition coefficient (Wildman–Crippen LogP) is -0.924. The van der Waals surface area contributed by atoms with Crippen molar-refractivity contribution in [2.45, 2.75) is 0 Å². The van der Waals surface area contributed by atoms with Gasteiger partial charge in [0, 0.05) is 13.7 Å². The molecule has 5 N–H and O–H groups in total. The van der Waals surface area contributed by atoms with E-state index in [0.29, 0.717) is 13.2 Å². The van der Waals surface area contributed by atoms with Crippen LogP contribution in [0.25, 0.3) is 0 Å². The van der Waals surface area contributed by atoms with Gasteiger partial charge in [0.15, 0.2) is 11.6 Å². The average molecular weight is 258 g/mol. The summed E-state index contributed by atoms with van der Waals surface area (Å²) in [5.74, 6) is 4.08. The Morgan fingerprint density at radius 3 is 3.06 bits per heavy atom. The lowest BCUT2D eigenvalue weighted by Crippen LogP contribution is -2.32. The van der Waals surface area contributed by atoms with Crippen LogP contribution < -0.4 is 21.9 Å². The molecule has 1 aromatic heterocycles. The Kier molecular flexibility index (Phi) is 5.74. The third-order valence-electron chi connectivity index (χ3n) is 1.92. The van der Waals surface area contributed by atoms with Gasteiger partial charge in [0.25, 0.3) is 0 Å². The van der Waals surface area contributed by atoms with Crippen molar-refractivity contribution in [1.29, 1.82) is 0 Å². The van der Waals surface area contributed by atoms with Crippen LogP contribution in [0.3, 0.4) is 0 Å². The number of hydrazine groups is 1. The minimum Gasteiger partial charge on any atom is -0.383 e. The van der Waals surface area contributed by atoms with Crippen LogP contribution in [-0.4, -0.2) is 42.7 Å². The Labute approximate surface area is 103 Å². The number of hydrogen-bond acceptors (Lipinski definition) is 7. The zero-order valence-electron chi connectivity index (χ0n) is 9.86. The maximum absolute atomic E-state index is 13.3. The van der Waals surface area contributed by atoms with E-state index in [-0.39, 0.29) is 24.2 Å². The van der Waals surface area contributed by atoms with Gasteiger partial charge in [-0.3, -0.25) is 10.2 Å². The number of hydrogen-bond donors (Lipinski definition) is 4. The van der Waals surface area contributed by atoms with Crippen LogP contribution in [0.1, 0.15) is 0 Å². The fourth-order valence-corrected chi connectivity index (χ4v) is 1.08. The molecule has 0 atom stereocenters. The molecule has 0 aromatic carbocycles. The molecule has 0 saturated carbocycles. The van der Waals surface area contributed by atoms with Crippen molar-refractivity contribution >= 4 is 17.7 Å². The molecule has 1 aromatic rings. The van der Waals surface area contributed by atoms with Gasteiger partial charge in [0.1, 0.15) is 0 Å². The van der Waals surface area contributed by atoms with Gasteiger partial charge >= 0.3 is 0 Å². The molecule has 0 aliphatic heterocycles. The molecule has 18 heavy (non-hydrogen) atoms. The Morgan fingerprint density at radius 1 is 1.61 bits per heavy atom. The highest BCUT2D eigenvalue weighted by molar-refractivity contribution is 5.80. The van der Waals surface area contributed by atoms with Crippen LogP contribution in [-0.2, 0) is 9.53 Å². The minimum atomic E-state index is -0.668. The number of aromatic nitrogens is 2. The molecule has 0 saturated heterocycles. The second-order valence-corrected chi connectivity index (χ2v) is 3.23. The van der Waals surface area contributed by atoms with Gasteiger partial charge in [0.2, 0.25) is 11.9 Å². The third kappa shape index (κ3) is 4.47. The van der Waals surface area contributed by atoms with E-state index >= 15 is 0 Å². The van der Waals surface area contributed by atoms with Crippen molar-refractivity contribution in [1.82, 2.24) is 15.3 Å². The van der Waals surface area contributed by atoms with Gasteiger partial charge in [0.05, 0.1) is 19.3 Å². The Bertz CT molecular complexity index is 403. The number of carbonyl (C=O) groups is 1. The van der Waals surface area contributed by atoms with Gasteiger partial charge in [-0.2, -0.15) is 4.98 Å². The molecule has 0 aliphatic rings. The number of halogens is 1. The van der Waals surface area contributed by atoms with Crippen molar-refractivity contribution in [2.24, 2.45) is 5.84 Å². The van der Waals surface area contributed by atoms with E-state index in [1.165, 1.54) is 7.11 Å². The molecule has 0 unspecified atom stereocenters. The van der Waals surface area contributed by atoms with E-state index in [4.69, 9.17) is 10.6 Å². The molecule has 0 fully saturated rings. The van der Waals surface area contributed by atoms with Crippen molar-refractivity contribution in [3.63, 3.8) is 0 Å². The second-order valence-electron chi connectivity index (χ2n) is 3.23. The van der Waals surface area contributed by atoms with Crippen molar-refractivity contribution in [3.05, 3.63) is 12.0 Å². The monoisotopic (exact) mass is 258 g/mol. The van der Waals surface area contributed by atoms with E-state index in [2.05, 4.69) is 26.0 Å². The quantitative estimate of drug-likeness (QED) is 0.284. The van der Waals surface area contributed by atoms with E-state index in [0.717, 1.165) is 6.20 Å². The van der Waals surface area contributed by atoms with Gasteiger partial charge in [-0.05, 0) is 0 Å². The SMILES string of the molecule is COCCNC(=O)CNc1nc(NN)ncc1F. The Morgan fingerprint density at radius 2 is 2.39 bits per heavy atom. The van der Waals surface area contributed by atoms with Crippen LogP contribution in [0.15, 0.2) is 6.20 Å². The first-order chi connectivity index (χ1) is 8.67. The van der Waals surface area contributed by atoms with Gasteiger partial charge in [-0.15, -0.1) is 0 Å². The number of nitrogens with one attached hydrogen (secondary N) is 3. The number of nitrogen functional groups attached to an aromatic ring is 1. The first-order valence-electron chi connectivity index (χ1n) is 5.16. The lowest BCUT2D eigenvalue weighted by Gasteiger charge is -2.08. The predicted molar refractivity (Wildman–Crippen MR) is 63.2 cm³/mol. The van der Waals surface area contributed by atoms with E-state index in [9.17, 15) is 9.18 Å². The fourth-order valence-electron chi connectivity index (χ4n) is 1.08. The molecule has 0 bridgehead atoms. The summed E-state index contributed by atoms with van der Waals surface area (Å²) in [6.07, 6.45) is 0.952. The first kappa shape index (κ1) is 14.1. The molecule has 100 valence electrons. The average Bonchev–Trinajstić information content (AvgIpc) is 2.38. The zero-order valence-corrected chi connectivity index (χ0v) is 9.86. The number of nitrogens with two attached hydrogens (primary N) is 1. The van der Waals surface area contributed by atoms with Gasteiger partial charge in [-0.25, -0.2) is 15.2 Å². The van der Waals surface area contributed by atoms with Crippen molar-refractivity contribution in [3.8, 4) is 0 Å².